The van der Waals surface area contributed by atoms with E-state index in [2.05, 4.69) is 79.0 Å². The molecule has 38 heavy (non-hydrogen) atoms. The first-order chi connectivity index (χ1) is 17.8. The summed E-state index contributed by atoms with van der Waals surface area (Å²) in [6.07, 6.45) is 3.75. The van der Waals surface area contributed by atoms with Crippen molar-refractivity contribution in [1.82, 2.24) is 9.97 Å². The minimum atomic E-state index is -1.50. The number of aromatic nitrogens is 2. The average Bonchev–Trinajstić information content (AvgIpc) is 3.29. The Morgan fingerprint density at radius 3 is 2.26 bits per heavy atom. The largest absolute Gasteiger partial charge is 0.464 e. The predicted octanol–water partition coefficient (Wildman–Crippen LogP) is 8.16. The van der Waals surface area contributed by atoms with Crippen molar-refractivity contribution in [3.05, 3.63) is 115 Å². The van der Waals surface area contributed by atoms with Crippen molar-refractivity contribution in [2.75, 3.05) is 0 Å². The van der Waals surface area contributed by atoms with Crippen LogP contribution >= 0.6 is 0 Å². The zero-order valence-electron chi connectivity index (χ0n) is 22.3. The molecule has 6 aromatic rings. The van der Waals surface area contributed by atoms with Crippen LogP contribution < -0.4 is 5.19 Å². The molecule has 0 saturated heterocycles. The van der Waals surface area contributed by atoms with Crippen molar-refractivity contribution >= 4 is 35.2 Å². The fourth-order valence-corrected chi connectivity index (χ4v) is 5.91. The molecule has 0 fully saturated rings. The van der Waals surface area contributed by atoms with Gasteiger partial charge in [0.1, 0.15) is 11.2 Å². The third-order valence-electron chi connectivity index (χ3n) is 6.35. The normalized spacial score (nSPS) is 11.1. The second-order valence-electron chi connectivity index (χ2n) is 10.3. The fraction of sp³-hybridized carbons (Fsp3) is 0.152. The Morgan fingerprint density at radius 2 is 1.55 bits per heavy atom. The van der Waals surface area contributed by atoms with E-state index in [4.69, 9.17) is 4.42 Å². The van der Waals surface area contributed by atoms with Gasteiger partial charge in [-0.25, -0.2) is 0 Å². The van der Waals surface area contributed by atoms with E-state index in [0.717, 1.165) is 44.5 Å². The van der Waals surface area contributed by atoms with E-state index in [1.54, 1.807) is 0 Å². The van der Waals surface area contributed by atoms with Crippen LogP contribution in [0.2, 0.25) is 19.6 Å². The third-order valence-corrected chi connectivity index (χ3v) is 8.38. The zero-order valence-corrected chi connectivity index (χ0v) is 25.7. The molecule has 0 N–H and O–H groups in total. The number of fused-ring (bicyclic) bond motifs is 3. The molecule has 3 heterocycles. The topological polar surface area (TPSA) is 38.9 Å². The van der Waals surface area contributed by atoms with E-state index in [9.17, 15) is 0 Å². The molecule has 0 atom stereocenters. The second kappa shape index (κ2) is 11.6. The number of aryl methyl sites for hydroxylation is 2. The van der Waals surface area contributed by atoms with Gasteiger partial charge in [0.15, 0.2) is 0 Å². The third kappa shape index (κ3) is 5.86. The van der Waals surface area contributed by atoms with Crippen LogP contribution in [0.3, 0.4) is 0 Å². The van der Waals surface area contributed by atoms with Crippen LogP contribution in [-0.4, -0.2) is 18.0 Å². The van der Waals surface area contributed by atoms with Crippen molar-refractivity contribution < 1.29 is 24.5 Å². The summed E-state index contributed by atoms with van der Waals surface area (Å²) in [7, 11) is -1.50. The van der Waals surface area contributed by atoms with E-state index in [1.165, 1.54) is 16.3 Å². The molecule has 0 amide bonds. The van der Waals surface area contributed by atoms with Crippen LogP contribution in [0, 0.1) is 26.0 Å². The van der Waals surface area contributed by atoms with Crippen molar-refractivity contribution in [3.8, 4) is 22.5 Å². The Kier molecular flexibility index (Phi) is 8.42. The molecule has 3 aromatic carbocycles. The van der Waals surface area contributed by atoms with E-state index in [-0.39, 0.29) is 20.1 Å². The van der Waals surface area contributed by atoms with Gasteiger partial charge in [-0.3, -0.25) is 0 Å². The number of benzene rings is 3. The molecule has 0 bridgehead atoms. The number of nitrogens with zero attached hydrogens (tertiary/aromatic N) is 2. The number of hydrogen-bond donors (Lipinski definition) is 0. The molecule has 6 rings (SSSR count). The van der Waals surface area contributed by atoms with E-state index >= 15 is 0 Å². The first-order valence-electron chi connectivity index (χ1n) is 12.5. The zero-order chi connectivity index (χ0) is 26.0. The molecule has 3 nitrogen and oxygen atoms in total. The van der Waals surface area contributed by atoms with Gasteiger partial charge in [0.25, 0.3) is 0 Å². The van der Waals surface area contributed by atoms with Gasteiger partial charge in [-0.1, -0.05) is 56.9 Å². The van der Waals surface area contributed by atoms with Crippen molar-refractivity contribution in [2.24, 2.45) is 0 Å². The van der Waals surface area contributed by atoms with Gasteiger partial charge in [-0.2, -0.15) is 0 Å². The molecule has 0 unspecified atom stereocenters. The van der Waals surface area contributed by atoms with Gasteiger partial charge in [0.05, 0.1) is 0 Å². The summed E-state index contributed by atoms with van der Waals surface area (Å²) >= 11 is 0. The maximum atomic E-state index is 6.14. The first-order valence-corrected chi connectivity index (χ1v) is 16.0. The predicted molar refractivity (Wildman–Crippen MR) is 157 cm³/mol. The van der Waals surface area contributed by atoms with Crippen LogP contribution in [0.15, 0.2) is 95.7 Å². The Balaban J connectivity index is 0.000000193. The number of para-hydroxylation sites is 1. The number of hydrogen-bond acceptors (Lipinski definition) is 3. The molecule has 0 spiro atoms. The van der Waals surface area contributed by atoms with Gasteiger partial charge < -0.3 is 14.4 Å². The van der Waals surface area contributed by atoms with E-state index < -0.39 is 8.07 Å². The molecule has 0 aliphatic heterocycles. The van der Waals surface area contributed by atoms with Crippen LogP contribution in [0.1, 0.15) is 11.1 Å². The molecule has 3 aromatic heterocycles. The summed E-state index contributed by atoms with van der Waals surface area (Å²) in [6, 6.07) is 33.2. The van der Waals surface area contributed by atoms with Gasteiger partial charge >= 0.3 is 0 Å². The summed E-state index contributed by atoms with van der Waals surface area (Å²) in [6.45, 7) is 11.1. The van der Waals surface area contributed by atoms with Gasteiger partial charge in [0.2, 0.25) is 0 Å². The fourth-order valence-electron chi connectivity index (χ4n) is 4.38. The van der Waals surface area contributed by atoms with Crippen LogP contribution in [-0.2, 0) is 20.1 Å². The first kappa shape index (κ1) is 27.7. The molecular formula is C33H30IrN2OSi-2. The average molecular weight is 691 g/mol. The standard InChI is InChI=1S/C20H18NOSi.C13H12N.Ir/c1-23(2,3)18-11-7-5-9-16(18)19-20-15(12-13-21-19)14-8-4-6-10-17(14)22-20;1-10-3-6-12(7-4-10)13-8-5-11(2)9-14-13;/h4-8,10-13H,1-3H3;3-6,8-9H,1-2H3;/q2*-1;. The van der Waals surface area contributed by atoms with Crippen molar-refractivity contribution in [1.29, 1.82) is 0 Å². The molecule has 0 aliphatic carbocycles. The molecular weight excluding hydrogens is 661 g/mol. The minimum Gasteiger partial charge on any atom is -0.464 e. The molecule has 1 radical (unpaired) electrons. The molecule has 0 saturated carbocycles. The van der Waals surface area contributed by atoms with Crippen LogP contribution in [0.4, 0.5) is 0 Å². The van der Waals surface area contributed by atoms with Crippen molar-refractivity contribution in [3.63, 3.8) is 0 Å². The Bertz CT molecular complexity index is 1620. The van der Waals surface area contributed by atoms with Crippen LogP contribution in [0.25, 0.3) is 44.5 Å². The molecule has 0 aliphatic rings. The minimum absolute atomic E-state index is 0. The number of furan rings is 1. The monoisotopic (exact) mass is 691 g/mol. The summed E-state index contributed by atoms with van der Waals surface area (Å²) in [5.41, 5.74) is 8.18. The second-order valence-corrected chi connectivity index (χ2v) is 15.4. The maximum absolute atomic E-state index is 6.14. The van der Waals surface area contributed by atoms with E-state index in [1.807, 2.05) is 67.8 Å². The van der Waals surface area contributed by atoms with E-state index in [0.29, 0.717) is 0 Å². The molecule has 193 valence electrons. The maximum Gasteiger partial charge on any atom is 0.134 e. The van der Waals surface area contributed by atoms with Gasteiger partial charge in [-0.05, 0) is 30.3 Å². The summed E-state index contributed by atoms with van der Waals surface area (Å²) < 4.78 is 6.14. The smallest absolute Gasteiger partial charge is 0.134 e. The summed E-state index contributed by atoms with van der Waals surface area (Å²) in [5, 5.41) is 3.61. The van der Waals surface area contributed by atoms with Crippen LogP contribution in [0.5, 0.6) is 0 Å². The Labute approximate surface area is 239 Å². The Hall–Kier alpha value is -3.37. The summed E-state index contributed by atoms with van der Waals surface area (Å²) in [5.74, 6) is 0. The number of rotatable bonds is 3. The quantitative estimate of drug-likeness (QED) is 0.139. The van der Waals surface area contributed by atoms with Crippen molar-refractivity contribution in [2.45, 2.75) is 33.5 Å². The van der Waals surface area contributed by atoms with Gasteiger partial charge in [0, 0.05) is 57.0 Å². The Morgan fingerprint density at radius 1 is 0.763 bits per heavy atom. The number of pyridine rings is 2. The molecule has 5 heteroatoms. The summed E-state index contributed by atoms with van der Waals surface area (Å²) in [4.78, 5) is 8.99. The SMILES string of the molecule is C[Si](C)(C)c1ccc[c-]c1-c1nccc2c1oc1ccccc12.Cc1c[c-]c(-c2ccc(C)cn2)cc1.[Ir]. The van der Waals surface area contributed by atoms with Gasteiger partial charge in [-0.15, -0.1) is 70.4 Å².